The summed E-state index contributed by atoms with van der Waals surface area (Å²) in [6.07, 6.45) is 1.17. The fourth-order valence-corrected chi connectivity index (χ4v) is 1.69. The summed E-state index contributed by atoms with van der Waals surface area (Å²) in [5, 5.41) is 0. The molecule has 0 aliphatic rings. The molecule has 0 unspecified atom stereocenters. The molecule has 0 spiro atoms. The molecule has 2 N–H and O–H groups in total. The number of hydrogen-bond donors (Lipinski definition) is 1. The maximum atomic E-state index is 5.79. The zero-order valence-electron chi connectivity index (χ0n) is 9.38. The second kappa shape index (κ2) is 4.89. The number of nitrogen functional groups attached to an aromatic ring is 1. The molecule has 78 valence electrons. The SMILES string of the molecule is CCCN(CC)c1cc(N)ccc1C. The lowest BCUT2D eigenvalue weighted by molar-refractivity contribution is 0.789. The van der Waals surface area contributed by atoms with Gasteiger partial charge in [0.1, 0.15) is 0 Å². The summed E-state index contributed by atoms with van der Waals surface area (Å²) >= 11 is 0. The van der Waals surface area contributed by atoms with Gasteiger partial charge in [-0.25, -0.2) is 0 Å². The second-order valence-electron chi connectivity index (χ2n) is 3.63. The van der Waals surface area contributed by atoms with E-state index >= 15 is 0 Å². The molecule has 0 aromatic heterocycles. The van der Waals surface area contributed by atoms with Crippen molar-refractivity contribution < 1.29 is 0 Å². The molecule has 1 aromatic rings. The van der Waals surface area contributed by atoms with Crippen LogP contribution in [0.3, 0.4) is 0 Å². The molecule has 0 saturated heterocycles. The molecule has 0 fully saturated rings. The molecule has 1 rings (SSSR count). The Hall–Kier alpha value is -1.18. The first-order valence-electron chi connectivity index (χ1n) is 5.30. The number of benzene rings is 1. The highest BCUT2D eigenvalue weighted by Crippen LogP contribution is 2.22. The Balaban J connectivity index is 2.96. The average Bonchev–Trinajstić information content (AvgIpc) is 2.18. The maximum Gasteiger partial charge on any atom is 0.0416 e. The van der Waals surface area contributed by atoms with Crippen molar-refractivity contribution in [2.45, 2.75) is 27.2 Å². The van der Waals surface area contributed by atoms with Crippen LogP contribution in [-0.2, 0) is 0 Å². The van der Waals surface area contributed by atoms with Crippen LogP contribution in [-0.4, -0.2) is 13.1 Å². The molecule has 0 aliphatic carbocycles. The van der Waals surface area contributed by atoms with E-state index in [9.17, 15) is 0 Å². The van der Waals surface area contributed by atoms with Gasteiger partial charge < -0.3 is 10.6 Å². The van der Waals surface area contributed by atoms with Crippen molar-refractivity contribution >= 4 is 11.4 Å². The van der Waals surface area contributed by atoms with Crippen molar-refractivity contribution in [1.29, 1.82) is 0 Å². The number of nitrogens with zero attached hydrogens (tertiary/aromatic N) is 1. The molecule has 14 heavy (non-hydrogen) atoms. The Morgan fingerprint density at radius 2 is 2.00 bits per heavy atom. The van der Waals surface area contributed by atoms with Crippen molar-refractivity contribution in [2.75, 3.05) is 23.7 Å². The number of aryl methyl sites for hydroxylation is 1. The molecule has 0 heterocycles. The van der Waals surface area contributed by atoms with E-state index in [4.69, 9.17) is 5.73 Å². The summed E-state index contributed by atoms with van der Waals surface area (Å²) in [6, 6.07) is 6.11. The third-order valence-electron chi connectivity index (χ3n) is 2.45. The van der Waals surface area contributed by atoms with Crippen molar-refractivity contribution in [3.8, 4) is 0 Å². The lowest BCUT2D eigenvalue weighted by Crippen LogP contribution is -2.24. The van der Waals surface area contributed by atoms with E-state index in [1.54, 1.807) is 0 Å². The van der Waals surface area contributed by atoms with E-state index in [-0.39, 0.29) is 0 Å². The van der Waals surface area contributed by atoms with Gasteiger partial charge in [-0.15, -0.1) is 0 Å². The zero-order valence-corrected chi connectivity index (χ0v) is 9.38. The van der Waals surface area contributed by atoms with Gasteiger partial charge in [-0.3, -0.25) is 0 Å². The first-order valence-corrected chi connectivity index (χ1v) is 5.30. The van der Waals surface area contributed by atoms with Gasteiger partial charge in [-0.2, -0.15) is 0 Å². The van der Waals surface area contributed by atoms with Gasteiger partial charge >= 0.3 is 0 Å². The monoisotopic (exact) mass is 192 g/mol. The number of anilines is 2. The van der Waals surface area contributed by atoms with E-state index in [1.807, 2.05) is 6.07 Å². The van der Waals surface area contributed by atoms with Gasteiger partial charge in [0.2, 0.25) is 0 Å². The first-order chi connectivity index (χ1) is 6.69. The summed E-state index contributed by atoms with van der Waals surface area (Å²) in [5.74, 6) is 0. The summed E-state index contributed by atoms with van der Waals surface area (Å²) < 4.78 is 0. The predicted molar refractivity (Wildman–Crippen MR) is 63.8 cm³/mol. The lowest BCUT2D eigenvalue weighted by Gasteiger charge is -2.24. The summed E-state index contributed by atoms with van der Waals surface area (Å²) in [6.45, 7) is 8.65. The Bertz CT molecular complexity index is 294. The normalized spacial score (nSPS) is 10.2. The first kappa shape index (κ1) is 10.9. The van der Waals surface area contributed by atoms with Crippen molar-refractivity contribution in [1.82, 2.24) is 0 Å². The van der Waals surface area contributed by atoms with Crippen LogP contribution < -0.4 is 10.6 Å². The second-order valence-corrected chi connectivity index (χ2v) is 3.63. The van der Waals surface area contributed by atoms with E-state index < -0.39 is 0 Å². The van der Waals surface area contributed by atoms with Gasteiger partial charge in [-0.1, -0.05) is 13.0 Å². The largest absolute Gasteiger partial charge is 0.399 e. The van der Waals surface area contributed by atoms with E-state index in [0.29, 0.717) is 0 Å². The van der Waals surface area contributed by atoms with Crippen LogP contribution in [0.2, 0.25) is 0 Å². The molecule has 0 atom stereocenters. The molecule has 0 amide bonds. The Morgan fingerprint density at radius 3 is 2.57 bits per heavy atom. The van der Waals surface area contributed by atoms with Crippen LogP contribution in [0.25, 0.3) is 0 Å². The smallest absolute Gasteiger partial charge is 0.0416 e. The van der Waals surface area contributed by atoms with E-state index in [0.717, 1.165) is 18.8 Å². The van der Waals surface area contributed by atoms with Crippen LogP contribution in [0.4, 0.5) is 11.4 Å². The van der Waals surface area contributed by atoms with Gasteiger partial charge in [-0.05, 0) is 38.0 Å². The van der Waals surface area contributed by atoms with Crippen molar-refractivity contribution in [3.05, 3.63) is 23.8 Å². The van der Waals surface area contributed by atoms with Gasteiger partial charge in [0.15, 0.2) is 0 Å². The summed E-state index contributed by atoms with van der Waals surface area (Å²) in [5.41, 5.74) is 9.21. The van der Waals surface area contributed by atoms with Crippen LogP contribution in [0.15, 0.2) is 18.2 Å². The maximum absolute atomic E-state index is 5.79. The highest BCUT2D eigenvalue weighted by atomic mass is 15.1. The minimum Gasteiger partial charge on any atom is -0.399 e. The quantitative estimate of drug-likeness (QED) is 0.743. The van der Waals surface area contributed by atoms with Crippen molar-refractivity contribution in [3.63, 3.8) is 0 Å². The number of nitrogens with two attached hydrogens (primary N) is 1. The Labute approximate surface area is 86.7 Å². The molecule has 2 nitrogen and oxygen atoms in total. The molecule has 2 heteroatoms. The van der Waals surface area contributed by atoms with Gasteiger partial charge in [0.25, 0.3) is 0 Å². The molecule has 0 aliphatic heterocycles. The third-order valence-corrected chi connectivity index (χ3v) is 2.45. The van der Waals surface area contributed by atoms with E-state index in [1.165, 1.54) is 17.7 Å². The minimum atomic E-state index is 0.847. The van der Waals surface area contributed by atoms with Gasteiger partial charge in [0.05, 0.1) is 0 Å². The van der Waals surface area contributed by atoms with Crippen LogP contribution in [0.5, 0.6) is 0 Å². The Morgan fingerprint density at radius 1 is 1.29 bits per heavy atom. The number of rotatable bonds is 4. The Kier molecular flexibility index (Phi) is 3.81. The number of hydrogen-bond acceptors (Lipinski definition) is 2. The highest BCUT2D eigenvalue weighted by Gasteiger charge is 2.06. The third kappa shape index (κ3) is 2.41. The molecular formula is C12H20N2. The topological polar surface area (TPSA) is 29.3 Å². The van der Waals surface area contributed by atoms with Crippen LogP contribution in [0.1, 0.15) is 25.8 Å². The standard InChI is InChI=1S/C12H20N2/c1-4-8-14(5-2)12-9-11(13)7-6-10(12)3/h6-7,9H,4-5,8,13H2,1-3H3. The molecular weight excluding hydrogens is 172 g/mol. The fourth-order valence-electron chi connectivity index (χ4n) is 1.69. The van der Waals surface area contributed by atoms with Gasteiger partial charge in [0, 0.05) is 24.5 Å². The zero-order chi connectivity index (χ0) is 10.6. The van der Waals surface area contributed by atoms with Crippen LogP contribution in [0, 0.1) is 6.92 Å². The molecule has 1 aromatic carbocycles. The average molecular weight is 192 g/mol. The summed E-state index contributed by atoms with van der Waals surface area (Å²) in [7, 11) is 0. The summed E-state index contributed by atoms with van der Waals surface area (Å²) in [4.78, 5) is 2.37. The molecule has 0 bridgehead atoms. The van der Waals surface area contributed by atoms with E-state index in [2.05, 4.69) is 37.8 Å². The molecule has 0 saturated carbocycles. The minimum absolute atomic E-state index is 0.847. The lowest BCUT2D eigenvalue weighted by atomic mass is 10.1. The fraction of sp³-hybridized carbons (Fsp3) is 0.500. The predicted octanol–water partition coefficient (Wildman–Crippen LogP) is 2.81. The highest BCUT2D eigenvalue weighted by molar-refractivity contribution is 5.60. The molecule has 0 radical (unpaired) electrons. The van der Waals surface area contributed by atoms with Crippen molar-refractivity contribution in [2.24, 2.45) is 0 Å². The van der Waals surface area contributed by atoms with Crippen LogP contribution >= 0.6 is 0 Å².